The van der Waals surface area contributed by atoms with Crippen LogP contribution in [0.4, 0.5) is 0 Å². The molecule has 22 heavy (non-hydrogen) atoms. The maximum Gasteiger partial charge on any atom is 0.285 e. The zero-order valence-corrected chi connectivity index (χ0v) is 13.9. The maximum atomic E-state index is 12.6. The Hall–Kier alpha value is -2.08. The zero-order chi connectivity index (χ0) is 16.3. The van der Waals surface area contributed by atoms with E-state index in [0.717, 1.165) is 5.75 Å². The Balaban J connectivity index is 2.68. The third-order valence-corrected chi connectivity index (χ3v) is 4.28. The van der Waals surface area contributed by atoms with Crippen molar-refractivity contribution in [1.82, 2.24) is 9.78 Å². The molecule has 2 aromatic rings. The van der Waals surface area contributed by atoms with E-state index in [1.165, 1.54) is 23.4 Å². The number of Topliss-reactive ketones (excluding diaryl/α,β-unsaturated/α-hetero) is 1. The van der Waals surface area contributed by atoms with Crippen molar-refractivity contribution < 1.29 is 9.53 Å². The van der Waals surface area contributed by atoms with E-state index in [1.54, 1.807) is 38.3 Å². The number of ketones is 1. The molecule has 0 radical (unpaired) electrons. The number of carbonyl (C=O) groups excluding carboxylic acids is 1. The molecule has 5 nitrogen and oxygen atoms in total. The molecule has 0 N–H and O–H groups in total. The summed E-state index contributed by atoms with van der Waals surface area (Å²) in [6, 6.07) is 6.99. The van der Waals surface area contributed by atoms with Gasteiger partial charge < -0.3 is 4.74 Å². The van der Waals surface area contributed by atoms with Crippen LogP contribution in [-0.4, -0.2) is 28.4 Å². The number of hydrogen-bond donors (Lipinski definition) is 0. The molecule has 6 heteroatoms. The minimum absolute atomic E-state index is 0.155. The highest BCUT2D eigenvalue weighted by Crippen LogP contribution is 2.21. The first-order valence-electron chi connectivity index (χ1n) is 6.91. The van der Waals surface area contributed by atoms with Gasteiger partial charge in [-0.15, -0.1) is 11.8 Å². The minimum Gasteiger partial charge on any atom is -0.497 e. The van der Waals surface area contributed by atoms with Crippen molar-refractivity contribution in [1.29, 1.82) is 0 Å². The Labute approximate surface area is 133 Å². The van der Waals surface area contributed by atoms with E-state index in [2.05, 4.69) is 5.10 Å². The summed E-state index contributed by atoms with van der Waals surface area (Å²) in [6.07, 6.45) is 0. The molecule has 0 saturated heterocycles. The largest absolute Gasteiger partial charge is 0.497 e. The standard InChI is InChI=1S/C16H18N2O3S/c1-5-22-15-10(2)14(11(3)19)17-18(16(15)20)12-6-8-13(21-4)9-7-12/h6-9H,5H2,1-4H3. The molecule has 0 spiro atoms. The number of rotatable bonds is 5. The monoisotopic (exact) mass is 318 g/mol. The molecule has 1 aromatic carbocycles. The van der Waals surface area contributed by atoms with Crippen molar-refractivity contribution in [2.45, 2.75) is 25.7 Å². The van der Waals surface area contributed by atoms with Gasteiger partial charge in [0.15, 0.2) is 5.78 Å². The summed E-state index contributed by atoms with van der Waals surface area (Å²) in [5.41, 5.74) is 1.37. The Kier molecular flexibility index (Phi) is 5.03. The lowest BCUT2D eigenvalue weighted by Gasteiger charge is -2.12. The van der Waals surface area contributed by atoms with Gasteiger partial charge in [-0.1, -0.05) is 6.92 Å². The van der Waals surface area contributed by atoms with Gasteiger partial charge >= 0.3 is 0 Å². The number of aromatic nitrogens is 2. The fourth-order valence-corrected chi connectivity index (χ4v) is 2.94. The summed E-state index contributed by atoms with van der Waals surface area (Å²) in [7, 11) is 1.58. The molecule has 116 valence electrons. The van der Waals surface area contributed by atoms with Crippen LogP contribution < -0.4 is 10.3 Å². The molecule has 0 saturated carbocycles. The summed E-state index contributed by atoms with van der Waals surface area (Å²) < 4.78 is 6.39. The van der Waals surface area contributed by atoms with Crippen LogP contribution in [0.3, 0.4) is 0 Å². The van der Waals surface area contributed by atoms with E-state index in [9.17, 15) is 9.59 Å². The average molecular weight is 318 g/mol. The molecule has 0 unspecified atom stereocenters. The molecule has 0 aliphatic heterocycles. The highest BCUT2D eigenvalue weighted by molar-refractivity contribution is 7.99. The Bertz CT molecular complexity index is 751. The smallest absolute Gasteiger partial charge is 0.285 e. The highest BCUT2D eigenvalue weighted by Gasteiger charge is 2.17. The van der Waals surface area contributed by atoms with Gasteiger partial charge in [-0.3, -0.25) is 9.59 Å². The van der Waals surface area contributed by atoms with Gasteiger partial charge in [0.2, 0.25) is 0 Å². The summed E-state index contributed by atoms with van der Waals surface area (Å²) >= 11 is 1.43. The number of nitrogens with zero attached hydrogens (tertiary/aromatic N) is 2. The lowest BCUT2D eigenvalue weighted by Crippen LogP contribution is -2.26. The van der Waals surface area contributed by atoms with Crippen LogP contribution in [0, 0.1) is 6.92 Å². The molecular weight excluding hydrogens is 300 g/mol. The van der Waals surface area contributed by atoms with E-state index in [1.807, 2.05) is 6.92 Å². The predicted octanol–water partition coefficient (Wildman–Crippen LogP) is 2.86. The highest BCUT2D eigenvalue weighted by atomic mass is 32.2. The fourth-order valence-electron chi connectivity index (χ4n) is 2.13. The Morgan fingerprint density at radius 2 is 1.95 bits per heavy atom. The lowest BCUT2D eigenvalue weighted by atomic mass is 10.2. The van der Waals surface area contributed by atoms with Gasteiger partial charge in [0.1, 0.15) is 11.4 Å². The molecule has 0 bridgehead atoms. The Morgan fingerprint density at radius 3 is 2.45 bits per heavy atom. The second-order valence-corrected chi connectivity index (χ2v) is 5.98. The molecular formula is C16H18N2O3S. The number of hydrogen-bond acceptors (Lipinski definition) is 5. The SMILES string of the molecule is CCSc1c(C)c(C(C)=O)nn(-c2ccc(OC)cc2)c1=O. The summed E-state index contributed by atoms with van der Waals surface area (Å²) in [5, 5.41) is 4.24. The lowest BCUT2D eigenvalue weighted by molar-refractivity contribution is 0.101. The van der Waals surface area contributed by atoms with Crippen molar-refractivity contribution in [3.63, 3.8) is 0 Å². The number of carbonyl (C=O) groups is 1. The predicted molar refractivity (Wildman–Crippen MR) is 87.5 cm³/mol. The van der Waals surface area contributed by atoms with E-state index in [0.29, 0.717) is 27.6 Å². The van der Waals surface area contributed by atoms with Gasteiger partial charge in [0.25, 0.3) is 5.56 Å². The third kappa shape index (κ3) is 3.06. The molecule has 2 rings (SSSR count). The second-order valence-electron chi connectivity index (χ2n) is 4.71. The van der Waals surface area contributed by atoms with Crippen LogP contribution >= 0.6 is 11.8 Å². The van der Waals surface area contributed by atoms with Crippen LogP contribution in [0.1, 0.15) is 29.9 Å². The van der Waals surface area contributed by atoms with Crippen LogP contribution in [0.2, 0.25) is 0 Å². The van der Waals surface area contributed by atoms with Crippen molar-refractivity contribution in [3.8, 4) is 11.4 Å². The van der Waals surface area contributed by atoms with Gasteiger partial charge in [-0.2, -0.15) is 9.78 Å². The third-order valence-electron chi connectivity index (χ3n) is 3.22. The first kappa shape index (κ1) is 16.3. The van der Waals surface area contributed by atoms with Gasteiger partial charge in [0, 0.05) is 6.92 Å². The van der Waals surface area contributed by atoms with Crippen molar-refractivity contribution in [2.75, 3.05) is 12.9 Å². The topological polar surface area (TPSA) is 61.2 Å². The molecule has 0 fully saturated rings. The van der Waals surface area contributed by atoms with Crippen LogP contribution in [0.15, 0.2) is 34.0 Å². The second kappa shape index (κ2) is 6.79. The summed E-state index contributed by atoms with van der Waals surface area (Å²) in [4.78, 5) is 25.0. The van der Waals surface area contributed by atoms with Gasteiger partial charge in [-0.25, -0.2) is 0 Å². The van der Waals surface area contributed by atoms with Crippen molar-refractivity contribution in [2.24, 2.45) is 0 Å². The van der Waals surface area contributed by atoms with Gasteiger partial charge in [0.05, 0.1) is 17.7 Å². The molecule has 0 amide bonds. The molecule has 1 aromatic heterocycles. The number of thioether (sulfide) groups is 1. The van der Waals surface area contributed by atoms with Crippen molar-refractivity contribution in [3.05, 3.63) is 45.9 Å². The zero-order valence-electron chi connectivity index (χ0n) is 13.0. The van der Waals surface area contributed by atoms with Crippen LogP contribution in [-0.2, 0) is 0 Å². The molecule has 1 heterocycles. The first-order chi connectivity index (χ1) is 10.5. The summed E-state index contributed by atoms with van der Waals surface area (Å²) in [5.74, 6) is 1.29. The van der Waals surface area contributed by atoms with E-state index < -0.39 is 0 Å². The molecule has 0 aliphatic rings. The summed E-state index contributed by atoms with van der Waals surface area (Å²) in [6.45, 7) is 5.19. The maximum absolute atomic E-state index is 12.6. The number of methoxy groups -OCH3 is 1. The average Bonchev–Trinajstić information content (AvgIpc) is 2.51. The van der Waals surface area contributed by atoms with Crippen LogP contribution in [0.25, 0.3) is 5.69 Å². The van der Waals surface area contributed by atoms with Crippen LogP contribution in [0.5, 0.6) is 5.75 Å². The van der Waals surface area contributed by atoms with E-state index in [-0.39, 0.29) is 11.3 Å². The normalized spacial score (nSPS) is 10.5. The molecule has 0 atom stereocenters. The van der Waals surface area contributed by atoms with Crippen molar-refractivity contribution >= 4 is 17.5 Å². The number of ether oxygens (including phenoxy) is 1. The van der Waals surface area contributed by atoms with Gasteiger partial charge in [-0.05, 0) is 42.5 Å². The molecule has 0 aliphatic carbocycles. The quantitative estimate of drug-likeness (QED) is 0.626. The first-order valence-corrected chi connectivity index (χ1v) is 7.90. The van der Waals surface area contributed by atoms with E-state index in [4.69, 9.17) is 4.74 Å². The number of benzene rings is 1. The Morgan fingerprint density at radius 1 is 1.32 bits per heavy atom. The minimum atomic E-state index is -0.209. The van der Waals surface area contributed by atoms with E-state index >= 15 is 0 Å². The fraction of sp³-hybridized carbons (Fsp3) is 0.312.